The number of likely N-dealkylation sites (N-methyl/N-ethyl adjacent to an activating group) is 1. The lowest BCUT2D eigenvalue weighted by atomic mass is 10.1. The lowest BCUT2D eigenvalue weighted by molar-refractivity contribution is -0.125. The molecule has 0 aromatic heterocycles. The van der Waals surface area contributed by atoms with Crippen molar-refractivity contribution in [1.82, 2.24) is 10.2 Å². The van der Waals surface area contributed by atoms with E-state index < -0.39 is 0 Å². The summed E-state index contributed by atoms with van der Waals surface area (Å²) in [5.74, 6) is 5.49. The van der Waals surface area contributed by atoms with Crippen LogP contribution in [0.4, 0.5) is 0 Å². The summed E-state index contributed by atoms with van der Waals surface area (Å²) >= 11 is 5.85. The summed E-state index contributed by atoms with van der Waals surface area (Å²) in [6.45, 7) is 2.11. The second-order valence-electron chi connectivity index (χ2n) is 4.06. The highest BCUT2D eigenvalue weighted by Gasteiger charge is 2.22. The molecule has 0 heterocycles. The molecule has 1 amide bonds. The van der Waals surface area contributed by atoms with Crippen LogP contribution >= 0.6 is 11.6 Å². The number of nitrogens with one attached hydrogen (secondary N) is 1. The number of amides is 1. The Morgan fingerprint density at radius 1 is 1.39 bits per heavy atom. The average Bonchev–Trinajstić information content (AvgIpc) is 2.32. The zero-order chi connectivity index (χ0) is 13.5. The molecule has 0 aliphatic carbocycles. The quantitative estimate of drug-likeness (QED) is 0.845. The molecule has 1 N–H and O–H groups in total. The van der Waals surface area contributed by atoms with Gasteiger partial charge in [-0.1, -0.05) is 29.7 Å². The summed E-state index contributed by atoms with van der Waals surface area (Å²) in [6, 6.07) is 6.95. The van der Waals surface area contributed by atoms with Crippen molar-refractivity contribution in [2.24, 2.45) is 0 Å². The number of carbonyl (C=O) groups is 1. The topological polar surface area (TPSA) is 32.3 Å². The average molecular weight is 265 g/mol. The predicted octanol–water partition coefficient (Wildman–Crippen LogP) is 2.08. The molecule has 3 nitrogen and oxygen atoms in total. The van der Waals surface area contributed by atoms with Gasteiger partial charge in [0.2, 0.25) is 5.91 Å². The van der Waals surface area contributed by atoms with Gasteiger partial charge in [0.05, 0.1) is 6.54 Å². The fraction of sp³-hybridized carbons (Fsp3) is 0.357. The fourth-order valence-corrected chi connectivity index (χ4v) is 1.77. The number of halogens is 1. The fourth-order valence-electron chi connectivity index (χ4n) is 1.65. The monoisotopic (exact) mass is 264 g/mol. The molecule has 0 aliphatic heterocycles. The van der Waals surface area contributed by atoms with Crippen molar-refractivity contribution in [2.45, 2.75) is 13.0 Å². The first-order valence-corrected chi connectivity index (χ1v) is 6.03. The lowest BCUT2D eigenvalue weighted by Crippen LogP contribution is -2.37. The van der Waals surface area contributed by atoms with Gasteiger partial charge in [0.25, 0.3) is 0 Å². The number of rotatable bonds is 4. The predicted molar refractivity (Wildman–Crippen MR) is 74.3 cm³/mol. The molecule has 0 saturated carbocycles. The number of benzene rings is 1. The van der Waals surface area contributed by atoms with E-state index in [9.17, 15) is 4.79 Å². The van der Waals surface area contributed by atoms with E-state index in [2.05, 4.69) is 17.2 Å². The number of nitrogens with zero attached hydrogens (tertiary/aromatic N) is 1. The molecule has 96 valence electrons. The van der Waals surface area contributed by atoms with E-state index in [4.69, 9.17) is 11.6 Å². The summed E-state index contributed by atoms with van der Waals surface area (Å²) in [5, 5.41) is 3.45. The SMILES string of the molecule is CC#CCNC(=O)C(c1ccc(Cl)cc1)N(C)C. The highest BCUT2D eigenvalue weighted by molar-refractivity contribution is 6.30. The van der Waals surface area contributed by atoms with Gasteiger partial charge in [-0.2, -0.15) is 0 Å². The minimum absolute atomic E-state index is 0.0647. The first kappa shape index (κ1) is 14.6. The summed E-state index contributed by atoms with van der Waals surface area (Å²) in [6.07, 6.45) is 0. The van der Waals surface area contributed by atoms with Gasteiger partial charge in [-0.05, 0) is 38.7 Å². The summed E-state index contributed by atoms with van der Waals surface area (Å²) in [7, 11) is 3.73. The van der Waals surface area contributed by atoms with Gasteiger partial charge in [0, 0.05) is 5.02 Å². The first-order chi connectivity index (χ1) is 8.56. The van der Waals surface area contributed by atoms with Crippen LogP contribution in [0.1, 0.15) is 18.5 Å². The number of hydrogen-bond donors (Lipinski definition) is 1. The molecule has 0 radical (unpaired) electrons. The molecule has 0 aliphatic rings. The number of carbonyl (C=O) groups excluding carboxylic acids is 1. The Labute approximate surface area is 113 Å². The Hall–Kier alpha value is -1.50. The standard InChI is InChI=1S/C14H17ClN2O/c1-4-5-10-16-14(18)13(17(2)3)11-6-8-12(15)9-7-11/h6-9,13H,10H2,1-3H3,(H,16,18). The van der Waals surface area contributed by atoms with E-state index >= 15 is 0 Å². The van der Waals surface area contributed by atoms with Crippen LogP contribution in [0.15, 0.2) is 24.3 Å². The summed E-state index contributed by atoms with van der Waals surface area (Å²) in [4.78, 5) is 14.0. The molecule has 18 heavy (non-hydrogen) atoms. The van der Waals surface area contributed by atoms with Crippen molar-refractivity contribution in [2.75, 3.05) is 20.6 Å². The van der Waals surface area contributed by atoms with Crippen molar-refractivity contribution >= 4 is 17.5 Å². The maximum Gasteiger partial charge on any atom is 0.242 e. The minimum atomic E-state index is -0.332. The van der Waals surface area contributed by atoms with Crippen LogP contribution in [0.2, 0.25) is 5.02 Å². The Balaban J connectivity index is 2.84. The van der Waals surface area contributed by atoms with Crippen molar-refractivity contribution in [1.29, 1.82) is 0 Å². The van der Waals surface area contributed by atoms with Gasteiger partial charge in [-0.3, -0.25) is 9.69 Å². The molecule has 1 aromatic rings. The van der Waals surface area contributed by atoms with Crippen molar-refractivity contribution < 1.29 is 4.79 Å². The molecule has 1 aromatic carbocycles. The van der Waals surface area contributed by atoms with E-state index in [0.29, 0.717) is 11.6 Å². The highest BCUT2D eigenvalue weighted by Crippen LogP contribution is 2.20. The van der Waals surface area contributed by atoms with Gasteiger partial charge in [0.1, 0.15) is 6.04 Å². The van der Waals surface area contributed by atoms with E-state index in [0.717, 1.165) is 5.56 Å². The number of hydrogen-bond acceptors (Lipinski definition) is 2. The molecule has 0 spiro atoms. The third kappa shape index (κ3) is 4.06. The zero-order valence-corrected chi connectivity index (χ0v) is 11.6. The molecular weight excluding hydrogens is 248 g/mol. The summed E-state index contributed by atoms with van der Waals surface area (Å²) < 4.78 is 0. The van der Waals surface area contributed by atoms with Crippen molar-refractivity contribution in [3.63, 3.8) is 0 Å². The van der Waals surface area contributed by atoms with Crippen LogP contribution < -0.4 is 5.32 Å². The molecule has 1 atom stereocenters. The van der Waals surface area contributed by atoms with Crippen molar-refractivity contribution in [3.8, 4) is 11.8 Å². The summed E-state index contributed by atoms with van der Waals surface area (Å²) in [5.41, 5.74) is 0.909. The Kier molecular flexibility index (Phi) is 5.70. The van der Waals surface area contributed by atoms with Crippen LogP contribution in [-0.2, 0) is 4.79 Å². The molecule has 0 saturated heterocycles. The maximum absolute atomic E-state index is 12.1. The molecule has 1 unspecified atom stereocenters. The third-order valence-corrected chi connectivity index (χ3v) is 2.73. The second kappa shape index (κ2) is 7.05. The van der Waals surface area contributed by atoms with E-state index in [-0.39, 0.29) is 11.9 Å². The first-order valence-electron chi connectivity index (χ1n) is 5.65. The van der Waals surface area contributed by atoms with Gasteiger partial charge in [-0.15, -0.1) is 5.92 Å². The Morgan fingerprint density at radius 2 is 2.00 bits per heavy atom. The van der Waals surface area contributed by atoms with Crippen LogP contribution in [0.25, 0.3) is 0 Å². The Morgan fingerprint density at radius 3 is 2.50 bits per heavy atom. The van der Waals surface area contributed by atoms with Gasteiger partial charge in [-0.25, -0.2) is 0 Å². The molecule has 0 fully saturated rings. The van der Waals surface area contributed by atoms with Crippen LogP contribution in [0.3, 0.4) is 0 Å². The van der Waals surface area contributed by atoms with Crippen LogP contribution in [0.5, 0.6) is 0 Å². The van der Waals surface area contributed by atoms with E-state index in [1.165, 1.54) is 0 Å². The highest BCUT2D eigenvalue weighted by atomic mass is 35.5. The minimum Gasteiger partial charge on any atom is -0.344 e. The molecule has 4 heteroatoms. The zero-order valence-electron chi connectivity index (χ0n) is 10.8. The lowest BCUT2D eigenvalue weighted by Gasteiger charge is -2.23. The molecular formula is C14H17ClN2O. The molecule has 1 rings (SSSR count). The van der Waals surface area contributed by atoms with Gasteiger partial charge < -0.3 is 5.32 Å². The van der Waals surface area contributed by atoms with Crippen LogP contribution in [-0.4, -0.2) is 31.4 Å². The van der Waals surface area contributed by atoms with Gasteiger partial charge >= 0.3 is 0 Å². The van der Waals surface area contributed by atoms with Crippen LogP contribution in [0, 0.1) is 11.8 Å². The van der Waals surface area contributed by atoms with Crippen molar-refractivity contribution in [3.05, 3.63) is 34.9 Å². The van der Waals surface area contributed by atoms with E-state index in [1.807, 2.05) is 31.1 Å². The van der Waals surface area contributed by atoms with E-state index in [1.54, 1.807) is 19.1 Å². The maximum atomic E-state index is 12.1. The normalized spacial score (nSPS) is 11.6. The van der Waals surface area contributed by atoms with Gasteiger partial charge in [0.15, 0.2) is 0 Å². The second-order valence-corrected chi connectivity index (χ2v) is 4.50. The smallest absolute Gasteiger partial charge is 0.242 e. The Bertz CT molecular complexity index is 457. The molecule has 0 bridgehead atoms. The largest absolute Gasteiger partial charge is 0.344 e. The third-order valence-electron chi connectivity index (χ3n) is 2.48.